The Kier molecular flexibility index (Phi) is 5.22. The lowest BCUT2D eigenvalue weighted by molar-refractivity contribution is 0.0953. The van der Waals surface area contributed by atoms with Crippen LogP contribution in [-0.4, -0.2) is 12.5 Å². The van der Waals surface area contributed by atoms with Crippen molar-refractivity contribution in [2.24, 2.45) is 0 Å². The second kappa shape index (κ2) is 6.70. The number of rotatable bonds is 5. The lowest BCUT2D eigenvalue weighted by Gasteiger charge is -2.07. The number of benzene rings is 1. The highest BCUT2D eigenvalue weighted by Crippen LogP contribution is 2.14. The summed E-state index contributed by atoms with van der Waals surface area (Å²) in [6.07, 6.45) is 1.18. The van der Waals surface area contributed by atoms with Crippen LogP contribution < -0.4 is 5.32 Å². The van der Waals surface area contributed by atoms with Crippen molar-refractivity contribution >= 4 is 5.91 Å². The Morgan fingerprint density at radius 2 is 2.00 bits per heavy atom. The Balaban J connectivity index is 2.49. The SMILES string of the molecule is CC(C)c1ccc(C(=O)NCCCC#N)cc1. The van der Waals surface area contributed by atoms with Crippen molar-refractivity contribution in [1.82, 2.24) is 5.32 Å². The third kappa shape index (κ3) is 4.28. The summed E-state index contributed by atoms with van der Waals surface area (Å²) in [5.41, 5.74) is 1.90. The van der Waals surface area contributed by atoms with Crippen molar-refractivity contribution in [3.05, 3.63) is 35.4 Å². The van der Waals surface area contributed by atoms with Crippen molar-refractivity contribution in [2.75, 3.05) is 6.54 Å². The van der Waals surface area contributed by atoms with E-state index in [0.29, 0.717) is 30.9 Å². The summed E-state index contributed by atoms with van der Waals surface area (Å²) >= 11 is 0. The van der Waals surface area contributed by atoms with Crippen LogP contribution >= 0.6 is 0 Å². The van der Waals surface area contributed by atoms with Crippen LogP contribution in [0.3, 0.4) is 0 Å². The fourth-order valence-corrected chi connectivity index (χ4v) is 1.49. The van der Waals surface area contributed by atoms with Gasteiger partial charge in [-0.15, -0.1) is 0 Å². The number of nitriles is 1. The normalized spacial score (nSPS) is 10.0. The van der Waals surface area contributed by atoms with E-state index in [2.05, 4.69) is 19.2 Å². The van der Waals surface area contributed by atoms with Gasteiger partial charge in [0.1, 0.15) is 0 Å². The first-order valence-electron chi connectivity index (χ1n) is 5.90. The zero-order valence-corrected chi connectivity index (χ0v) is 10.4. The maximum atomic E-state index is 11.7. The smallest absolute Gasteiger partial charge is 0.251 e. The number of hydrogen-bond acceptors (Lipinski definition) is 2. The highest BCUT2D eigenvalue weighted by atomic mass is 16.1. The van der Waals surface area contributed by atoms with Gasteiger partial charge in [-0.3, -0.25) is 4.79 Å². The molecule has 1 rings (SSSR count). The average Bonchev–Trinajstić information content (AvgIpc) is 2.34. The van der Waals surface area contributed by atoms with Crippen LogP contribution in [0, 0.1) is 11.3 Å². The maximum Gasteiger partial charge on any atom is 0.251 e. The topological polar surface area (TPSA) is 52.9 Å². The van der Waals surface area contributed by atoms with Gasteiger partial charge >= 0.3 is 0 Å². The first kappa shape index (κ1) is 13.2. The van der Waals surface area contributed by atoms with Crippen LogP contribution in [0.1, 0.15) is 48.5 Å². The van der Waals surface area contributed by atoms with Crippen LogP contribution in [0.25, 0.3) is 0 Å². The summed E-state index contributed by atoms with van der Waals surface area (Å²) < 4.78 is 0. The quantitative estimate of drug-likeness (QED) is 0.791. The van der Waals surface area contributed by atoms with Crippen molar-refractivity contribution in [1.29, 1.82) is 5.26 Å². The predicted molar refractivity (Wildman–Crippen MR) is 67.7 cm³/mol. The zero-order valence-electron chi connectivity index (χ0n) is 10.4. The van der Waals surface area contributed by atoms with Crippen molar-refractivity contribution in [3.63, 3.8) is 0 Å². The van der Waals surface area contributed by atoms with E-state index in [1.807, 2.05) is 30.3 Å². The fraction of sp³-hybridized carbons (Fsp3) is 0.429. The largest absolute Gasteiger partial charge is 0.352 e. The minimum atomic E-state index is -0.0711. The van der Waals surface area contributed by atoms with Crippen LogP contribution in [0.5, 0.6) is 0 Å². The van der Waals surface area contributed by atoms with E-state index < -0.39 is 0 Å². The number of hydrogen-bond donors (Lipinski definition) is 1. The molecule has 0 aliphatic carbocycles. The van der Waals surface area contributed by atoms with Gasteiger partial charge in [0.05, 0.1) is 6.07 Å². The van der Waals surface area contributed by atoms with E-state index in [4.69, 9.17) is 5.26 Å². The summed E-state index contributed by atoms with van der Waals surface area (Å²) in [5, 5.41) is 11.2. The molecule has 90 valence electrons. The van der Waals surface area contributed by atoms with E-state index in [1.165, 1.54) is 5.56 Å². The van der Waals surface area contributed by atoms with Gasteiger partial charge in [0.2, 0.25) is 0 Å². The standard InChI is InChI=1S/C14H18N2O/c1-11(2)12-5-7-13(8-6-12)14(17)16-10-4-3-9-15/h5-8,11H,3-4,10H2,1-2H3,(H,16,17). The third-order valence-corrected chi connectivity index (χ3v) is 2.59. The molecule has 1 amide bonds. The van der Waals surface area contributed by atoms with E-state index >= 15 is 0 Å². The minimum Gasteiger partial charge on any atom is -0.352 e. The predicted octanol–water partition coefficient (Wildman–Crippen LogP) is 2.84. The third-order valence-electron chi connectivity index (χ3n) is 2.59. The summed E-state index contributed by atoms with van der Waals surface area (Å²) in [4.78, 5) is 11.7. The molecule has 0 aliphatic heterocycles. The number of carbonyl (C=O) groups excluding carboxylic acids is 1. The molecule has 3 nitrogen and oxygen atoms in total. The summed E-state index contributed by atoms with van der Waals surface area (Å²) in [6, 6.07) is 9.70. The maximum absolute atomic E-state index is 11.7. The average molecular weight is 230 g/mol. The van der Waals surface area contributed by atoms with Gasteiger partial charge in [0.15, 0.2) is 0 Å². The van der Waals surface area contributed by atoms with Gasteiger partial charge in [-0.2, -0.15) is 5.26 Å². The van der Waals surface area contributed by atoms with Crippen LogP contribution in [-0.2, 0) is 0 Å². The Labute approximate surface area is 102 Å². The molecule has 1 aromatic rings. The first-order chi connectivity index (χ1) is 8.15. The van der Waals surface area contributed by atoms with Gasteiger partial charge < -0.3 is 5.32 Å². The fourth-order valence-electron chi connectivity index (χ4n) is 1.49. The van der Waals surface area contributed by atoms with E-state index in [0.717, 1.165) is 0 Å². The number of carbonyl (C=O) groups is 1. The molecule has 0 aliphatic rings. The molecule has 3 heteroatoms. The van der Waals surface area contributed by atoms with Crippen molar-refractivity contribution in [3.8, 4) is 6.07 Å². The summed E-state index contributed by atoms with van der Waals surface area (Å²) in [5.74, 6) is 0.404. The zero-order chi connectivity index (χ0) is 12.7. The molecule has 0 unspecified atom stereocenters. The molecule has 0 saturated heterocycles. The van der Waals surface area contributed by atoms with Gasteiger partial charge in [0.25, 0.3) is 5.91 Å². The Morgan fingerprint density at radius 1 is 1.35 bits per heavy atom. The van der Waals surface area contributed by atoms with Gasteiger partial charge in [-0.05, 0) is 30.0 Å². The number of unbranched alkanes of at least 4 members (excludes halogenated alkanes) is 1. The van der Waals surface area contributed by atoms with Crippen LogP contribution in [0.4, 0.5) is 0 Å². The van der Waals surface area contributed by atoms with Gasteiger partial charge in [0, 0.05) is 18.5 Å². The number of nitrogens with one attached hydrogen (secondary N) is 1. The van der Waals surface area contributed by atoms with Crippen molar-refractivity contribution < 1.29 is 4.79 Å². The van der Waals surface area contributed by atoms with Crippen LogP contribution in [0.15, 0.2) is 24.3 Å². The summed E-state index contributed by atoms with van der Waals surface area (Å²) in [7, 11) is 0. The molecule has 0 fully saturated rings. The molecule has 0 atom stereocenters. The van der Waals surface area contributed by atoms with E-state index in [9.17, 15) is 4.79 Å². The van der Waals surface area contributed by atoms with E-state index in [1.54, 1.807) is 0 Å². The number of nitrogens with zero attached hydrogens (tertiary/aromatic N) is 1. The Morgan fingerprint density at radius 3 is 2.53 bits per heavy atom. The van der Waals surface area contributed by atoms with Gasteiger partial charge in [-0.1, -0.05) is 26.0 Å². The lowest BCUT2D eigenvalue weighted by Crippen LogP contribution is -2.24. The molecule has 1 aromatic carbocycles. The van der Waals surface area contributed by atoms with Crippen LogP contribution in [0.2, 0.25) is 0 Å². The molecule has 0 saturated carbocycles. The van der Waals surface area contributed by atoms with Gasteiger partial charge in [-0.25, -0.2) is 0 Å². The molecule has 0 heterocycles. The second-order valence-corrected chi connectivity index (χ2v) is 4.29. The Bertz CT molecular complexity index is 401. The molecule has 17 heavy (non-hydrogen) atoms. The first-order valence-corrected chi connectivity index (χ1v) is 5.90. The Hall–Kier alpha value is -1.82. The second-order valence-electron chi connectivity index (χ2n) is 4.29. The summed E-state index contributed by atoms with van der Waals surface area (Å²) in [6.45, 7) is 4.80. The number of amides is 1. The molecule has 0 spiro atoms. The highest BCUT2D eigenvalue weighted by molar-refractivity contribution is 5.94. The molecular weight excluding hydrogens is 212 g/mol. The molecule has 1 N–H and O–H groups in total. The molecule has 0 radical (unpaired) electrons. The van der Waals surface area contributed by atoms with E-state index in [-0.39, 0.29) is 5.91 Å². The molecular formula is C14H18N2O. The highest BCUT2D eigenvalue weighted by Gasteiger charge is 2.05. The minimum absolute atomic E-state index is 0.0711. The molecule has 0 aromatic heterocycles. The van der Waals surface area contributed by atoms with Crippen molar-refractivity contribution in [2.45, 2.75) is 32.6 Å². The monoisotopic (exact) mass is 230 g/mol. The lowest BCUT2D eigenvalue weighted by atomic mass is 10.0. The molecule has 0 bridgehead atoms.